The first-order chi connectivity index (χ1) is 17.8. The fraction of sp³-hybridized carbons (Fsp3) is 0.107. The zero-order chi connectivity index (χ0) is 26.1. The van der Waals surface area contributed by atoms with E-state index in [1.807, 2.05) is 42.6 Å². The van der Waals surface area contributed by atoms with Crippen molar-refractivity contribution in [2.24, 2.45) is 4.99 Å². The minimum absolute atomic E-state index is 0.128. The molecular weight excluding hydrogens is 529 g/mol. The van der Waals surface area contributed by atoms with E-state index in [0.717, 1.165) is 22.0 Å². The van der Waals surface area contributed by atoms with Gasteiger partial charge in [-0.2, -0.15) is 0 Å². The van der Waals surface area contributed by atoms with Crippen LogP contribution < -0.4 is 0 Å². The molecule has 1 aliphatic heterocycles. The Kier molecular flexibility index (Phi) is 7.11. The summed E-state index contributed by atoms with van der Waals surface area (Å²) < 4.78 is 6.87. The molecule has 0 unspecified atom stereocenters. The predicted octanol–water partition coefficient (Wildman–Crippen LogP) is 7.02. The number of para-hydroxylation sites is 1. The Morgan fingerprint density at radius 3 is 2.54 bits per heavy atom. The lowest BCUT2D eigenvalue weighted by Gasteiger charge is -2.07. The van der Waals surface area contributed by atoms with Crippen molar-refractivity contribution in [1.29, 1.82) is 0 Å². The minimum Gasteiger partial charge on any atom is -0.465 e. The van der Waals surface area contributed by atoms with E-state index in [4.69, 9.17) is 27.9 Å². The molecule has 0 radical (unpaired) electrons. The fourth-order valence-corrected chi connectivity index (χ4v) is 5.35. The predicted molar refractivity (Wildman–Crippen MR) is 151 cm³/mol. The average molecular weight is 550 g/mol. The number of methoxy groups -OCH3 is 1. The van der Waals surface area contributed by atoms with Crippen LogP contribution in [-0.2, 0) is 16.1 Å². The van der Waals surface area contributed by atoms with Gasteiger partial charge in [0, 0.05) is 36.3 Å². The van der Waals surface area contributed by atoms with Gasteiger partial charge in [0.2, 0.25) is 0 Å². The number of nitrogens with zero attached hydrogens (tertiary/aromatic N) is 3. The number of benzene rings is 3. The van der Waals surface area contributed by atoms with E-state index in [2.05, 4.69) is 15.6 Å². The number of halogens is 2. The van der Waals surface area contributed by atoms with Crippen molar-refractivity contribution < 1.29 is 14.3 Å². The van der Waals surface area contributed by atoms with Crippen molar-refractivity contribution in [3.05, 3.63) is 105 Å². The molecule has 0 spiro atoms. The Labute approximate surface area is 228 Å². The van der Waals surface area contributed by atoms with Crippen molar-refractivity contribution in [2.75, 3.05) is 14.2 Å². The standard InChI is InChI=1S/C28H21Cl2N3O3S/c1-32-26(34)25(37-28(32)31-20-10-8-18(9-11-20)27(35)36-2)14-19-16-33(24-6-4-3-5-21(19)24)15-17-7-12-22(29)23(30)13-17/h3-14,16H,15H2,1-2H3/b25-14-,31-28?. The van der Waals surface area contributed by atoms with Crippen LogP contribution >= 0.6 is 35.0 Å². The van der Waals surface area contributed by atoms with Gasteiger partial charge in [-0.25, -0.2) is 9.79 Å². The smallest absolute Gasteiger partial charge is 0.337 e. The highest BCUT2D eigenvalue weighted by atomic mass is 35.5. The molecule has 6 nitrogen and oxygen atoms in total. The summed E-state index contributed by atoms with van der Waals surface area (Å²) in [5.41, 5.74) is 4.07. The number of amides is 1. The second kappa shape index (κ2) is 10.5. The number of thioether (sulfide) groups is 1. The molecule has 3 aromatic carbocycles. The van der Waals surface area contributed by atoms with E-state index in [0.29, 0.717) is 37.9 Å². The van der Waals surface area contributed by atoms with E-state index in [1.165, 1.54) is 23.8 Å². The molecule has 5 rings (SSSR count). The number of ether oxygens (including phenoxy) is 1. The minimum atomic E-state index is -0.412. The summed E-state index contributed by atoms with van der Waals surface area (Å²) in [4.78, 5) is 31.4. The number of likely N-dealkylation sites (N-methyl/N-ethyl adjacent to an activating group) is 1. The summed E-state index contributed by atoms with van der Waals surface area (Å²) in [6.45, 7) is 0.607. The summed E-state index contributed by atoms with van der Waals surface area (Å²) in [5, 5.41) is 2.63. The van der Waals surface area contributed by atoms with E-state index in [1.54, 1.807) is 37.4 Å². The maximum absolute atomic E-state index is 13.1. The Bertz CT molecular complexity index is 1590. The van der Waals surface area contributed by atoms with Crippen LogP contribution in [0.2, 0.25) is 10.0 Å². The Balaban J connectivity index is 1.45. The van der Waals surface area contributed by atoms with Crippen LogP contribution in [0.25, 0.3) is 17.0 Å². The number of hydrogen-bond donors (Lipinski definition) is 0. The first-order valence-electron chi connectivity index (χ1n) is 11.3. The maximum Gasteiger partial charge on any atom is 0.337 e. The van der Waals surface area contributed by atoms with Gasteiger partial charge < -0.3 is 9.30 Å². The van der Waals surface area contributed by atoms with Gasteiger partial charge in [-0.15, -0.1) is 0 Å². The molecule has 4 aromatic rings. The molecule has 2 heterocycles. The lowest BCUT2D eigenvalue weighted by molar-refractivity contribution is -0.121. The molecule has 1 aliphatic rings. The van der Waals surface area contributed by atoms with Gasteiger partial charge in [-0.3, -0.25) is 9.69 Å². The van der Waals surface area contributed by atoms with Crippen LogP contribution in [0.15, 0.2) is 82.8 Å². The van der Waals surface area contributed by atoms with Gasteiger partial charge in [0.1, 0.15) is 0 Å². The van der Waals surface area contributed by atoms with E-state index < -0.39 is 5.97 Å². The highest BCUT2D eigenvalue weighted by molar-refractivity contribution is 8.18. The van der Waals surface area contributed by atoms with Crippen LogP contribution in [0.5, 0.6) is 0 Å². The van der Waals surface area contributed by atoms with Crippen LogP contribution in [-0.4, -0.2) is 40.7 Å². The molecular formula is C28H21Cl2N3O3S. The van der Waals surface area contributed by atoms with Gasteiger partial charge in [-0.1, -0.05) is 47.5 Å². The molecule has 0 N–H and O–H groups in total. The lowest BCUT2D eigenvalue weighted by Crippen LogP contribution is -2.23. The summed E-state index contributed by atoms with van der Waals surface area (Å²) in [6, 6.07) is 20.4. The lowest BCUT2D eigenvalue weighted by atomic mass is 10.1. The molecule has 9 heteroatoms. The summed E-state index contributed by atoms with van der Waals surface area (Å²) >= 11 is 13.6. The number of esters is 1. The van der Waals surface area contributed by atoms with Crippen LogP contribution in [0.3, 0.4) is 0 Å². The van der Waals surface area contributed by atoms with Crippen molar-refractivity contribution in [3.8, 4) is 0 Å². The molecule has 0 atom stereocenters. The number of carbonyl (C=O) groups excluding carboxylic acids is 2. The third-order valence-electron chi connectivity index (χ3n) is 5.96. The molecule has 1 saturated heterocycles. The summed E-state index contributed by atoms with van der Waals surface area (Å²) in [6.07, 6.45) is 3.94. The number of fused-ring (bicyclic) bond motifs is 1. The van der Waals surface area contributed by atoms with E-state index >= 15 is 0 Å². The Morgan fingerprint density at radius 2 is 1.81 bits per heavy atom. The first kappa shape index (κ1) is 25.1. The highest BCUT2D eigenvalue weighted by Gasteiger charge is 2.30. The monoisotopic (exact) mass is 549 g/mol. The molecule has 37 heavy (non-hydrogen) atoms. The zero-order valence-electron chi connectivity index (χ0n) is 19.9. The summed E-state index contributed by atoms with van der Waals surface area (Å²) in [5.74, 6) is -0.540. The number of carbonyl (C=O) groups is 2. The zero-order valence-corrected chi connectivity index (χ0v) is 22.3. The molecule has 1 fully saturated rings. The van der Waals surface area contributed by atoms with Gasteiger partial charge in [0.15, 0.2) is 5.17 Å². The van der Waals surface area contributed by atoms with E-state index in [9.17, 15) is 9.59 Å². The molecule has 0 aliphatic carbocycles. The van der Waals surface area contributed by atoms with Gasteiger partial charge in [-0.05, 0) is 65.9 Å². The highest BCUT2D eigenvalue weighted by Crippen LogP contribution is 2.35. The van der Waals surface area contributed by atoms with E-state index in [-0.39, 0.29) is 5.91 Å². The maximum atomic E-state index is 13.1. The Hall–Kier alpha value is -3.52. The van der Waals surface area contributed by atoms with Crippen molar-refractivity contribution in [2.45, 2.75) is 6.54 Å². The third-order valence-corrected chi connectivity index (χ3v) is 7.76. The largest absolute Gasteiger partial charge is 0.465 e. The molecule has 1 amide bonds. The number of hydrogen-bond acceptors (Lipinski definition) is 5. The number of rotatable bonds is 5. The summed E-state index contributed by atoms with van der Waals surface area (Å²) in [7, 11) is 3.04. The van der Waals surface area contributed by atoms with Crippen molar-refractivity contribution >= 4 is 74.7 Å². The molecule has 186 valence electrons. The SMILES string of the molecule is COC(=O)c1ccc(N=C2S/C(=C\c3cn(Cc4ccc(Cl)c(Cl)c4)c4ccccc34)C(=O)N2C)cc1. The topological polar surface area (TPSA) is 63.9 Å². The van der Waals surface area contributed by atoms with Crippen LogP contribution in [0, 0.1) is 0 Å². The molecule has 0 saturated carbocycles. The van der Waals surface area contributed by atoms with Crippen molar-refractivity contribution in [1.82, 2.24) is 9.47 Å². The number of amidine groups is 1. The quantitative estimate of drug-likeness (QED) is 0.198. The fourth-order valence-electron chi connectivity index (χ4n) is 4.05. The van der Waals surface area contributed by atoms with Gasteiger partial charge in [0.25, 0.3) is 5.91 Å². The van der Waals surface area contributed by atoms with Gasteiger partial charge in [0.05, 0.1) is 33.3 Å². The average Bonchev–Trinajstić information content (AvgIpc) is 3.38. The normalized spacial score (nSPS) is 15.8. The number of aliphatic imine (C=N–C) groups is 1. The second-order valence-corrected chi connectivity index (χ2v) is 10.2. The molecule has 1 aromatic heterocycles. The van der Waals surface area contributed by atoms with Crippen LogP contribution in [0.4, 0.5) is 5.69 Å². The van der Waals surface area contributed by atoms with Crippen LogP contribution in [0.1, 0.15) is 21.5 Å². The van der Waals surface area contributed by atoms with Crippen molar-refractivity contribution in [3.63, 3.8) is 0 Å². The molecule has 0 bridgehead atoms. The number of aromatic nitrogens is 1. The Morgan fingerprint density at radius 1 is 1.05 bits per heavy atom. The second-order valence-electron chi connectivity index (χ2n) is 8.39. The third kappa shape index (κ3) is 5.16. The first-order valence-corrected chi connectivity index (χ1v) is 12.9. The van der Waals surface area contributed by atoms with Gasteiger partial charge >= 0.3 is 5.97 Å².